The average molecular weight is 238 g/mol. The van der Waals surface area contributed by atoms with E-state index in [0.29, 0.717) is 6.04 Å². The van der Waals surface area contributed by atoms with Crippen LogP contribution in [0.1, 0.15) is 26.3 Å². The Morgan fingerprint density at radius 2 is 2.38 bits per heavy atom. The van der Waals surface area contributed by atoms with Crippen molar-refractivity contribution >= 4 is 11.3 Å². The maximum absolute atomic E-state index is 3.59. The van der Waals surface area contributed by atoms with E-state index in [1.807, 2.05) is 0 Å². The predicted molar refractivity (Wildman–Crippen MR) is 71.1 cm³/mol. The molecule has 0 aromatic carbocycles. The van der Waals surface area contributed by atoms with Gasteiger partial charge in [0, 0.05) is 31.2 Å². The Labute approximate surface area is 103 Å². The molecule has 0 aliphatic carbocycles. The van der Waals surface area contributed by atoms with Crippen LogP contribution in [-0.4, -0.2) is 36.1 Å². The third-order valence-electron chi connectivity index (χ3n) is 3.37. The largest absolute Gasteiger partial charge is 0.309 e. The van der Waals surface area contributed by atoms with Crippen LogP contribution >= 0.6 is 11.3 Å². The van der Waals surface area contributed by atoms with Crippen molar-refractivity contribution < 1.29 is 0 Å². The molecule has 0 spiro atoms. The van der Waals surface area contributed by atoms with E-state index in [0.717, 1.165) is 13.1 Å². The lowest BCUT2D eigenvalue weighted by Gasteiger charge is -2.43. The van der Waals surface area contributed by atoms with Gasteiger partial charge in [-0.1, -0.05) is 0 Å². The quantitative estimate of drug-likeness (QED) is 0.869. The summed E-state index contributed by atoms with van der Waals surface area (Å²) < 4.78 is 0. The maximum atomic E-state index is 3.59. The topological polar surface area (TPSA) is 15.3 Å². The molecule has 2 heterocycles. The lowest BCUT2D eigenvalue weighted by molar-refractivity contribution is 0.106. The molecule has 1 saturated heterocycles. The van der Waals surface area contributed by atoms with Gasteiger partial charge in [0.05, 0.1) is 0 Å². The molecule has 3 heteroatoms. The van der Waals surface area contributed by atoms with Crippen molar-refractivity contribution in [3.63, 3.8) is 0 Å². The fourth-order valence-electron chi connectivity index (χ4n) is 2.28. The molecule has 0 amide bonds. The summed E-state index contributed by atoms with van der Waals surface area (Å²) in [6.45, 7) is 10.3. The first-order valence-electron chi connectivity index (χ1n) is 6.07. The van der Waals surface area contributed by atoms with Gasteiger partial charge in [-0.15, -0.1) is 0 Å². The van der Waals surface area contributed by atoms with E-state index in [9.17, 15) is 0 Å². The lowest BCUT2D eigenvalue weighted by atomic mass is 9.99. The summed E-state index contributed by atoms with van der Waals surface area (Å²) in [7, 11) is 0. The van der Waals surface area contributed by atoms with E-state index >= 15 is 0 Å². The number of piperazine rings is 1. The zero-order valence-electron chi connectivity index (χ0n) is 10.5. The Hall–Kier alpha value is -0.380. The molecule has 1 N–H and O–H groups in total. The minimum absolute atomic E-state index is 0.265. The fourth-order valence-corrected chi connectivity index (χ4v) is 2.98. The summed E-state index contributed by atoms with van der Waals surface area (Å²) in [4.78, 5) is 2.61. The van der Waals surface area contributed by atoms with E-state index in [1.54, 1.807) is 11.3 Å². The molecule has 16 heavy (non-hydrogen) atoms. The number of hydrogen-bond donors (Lipinski definition) is 1. The molecule has 1 aliphatic heterocycles. The molecule has 2 rings (SSSR count). The molecule has 1 fully saturated rings. The van der Waals surface area contributed by atoms with Gasteiger partial charge >= 0.3 is 0 Å². The van der Waals surface area contributed by atoms with Gasteiger partial charge in [-0.05, 0) is 49.6 Å². The first kappa shape index (κ1) is 12.1. The van der Waals surface area contributed by atoms with Gasteiger partial charge in [-0.2, -0.15) is 11.3 Å². The normalized spacial score (nSPS) is 25.8. The van der Waals surface area contributed by atoms with Crippen LogP contribution < -0.4 is 5.32 Å². The Balaban J connectivity index is 1.88. The van der Waals surface area contributed by atoms with Crippen LogP contribution in [0.2, 0.25) is 0 Å². The molecule has 0 bridgehead atoms. The molecule has 90 valence electrons. The van der Waals surface area contributed by atoms with Gasteiger partial charge in [0.25, 0.3) is 0 Å². The van der Waals surface area contributed by atoms with Crippen molar-refractivity contribution in [1.82, 2.24) is 10.2 Å². The molecule has 1 aliphatic rings. The van der Waals surface area contributed by atoms with Crippen LogP contribution in [0.3, 0.4) is 0 Å². The van der Waals surface area contributed by atoms with Crippen molar-refractivity contribution in [2.45, 2.75) is 38.8 Å². The third-order valence-corrected chi connectivity index (χ3v) is 4.10. The highest BCUT2D eigenvalue weighted by atomic mass is 32.1. The van der Waals surface area contributed by atoms with Crippen molar-refractivity contribution in [2.24, 2.45) is 0 Å². The van der Waals surface area contributed by atoms with Gasteiger partial charge < -0.3 is 5.32 Å². The summed E-state index contributed by atoms with van der Waals surface area (Å²) in [6.07, 6.45) is 1.18. The van der Waals surface area contributed by atoms with E-state index in [2.05, 4.69) is 47.8 Å². The summed E-state index contributed by atoms with van der Waals surface area (Å²) in [6, 6.07) is 2.90. The molecule has 0 radical (unpaired) electrons. The number of nitrogens with one attached hydrogen (secondary N) is 1. The van der Waals surface area contributed by atoms with Crippen molar-refractivity contribution in [3.8, 4) is 0 Å². The van der Waals surface area contributed by atoms with Crippen molar-refractivity contribution in [3.05, 3.63) is 22.4 Å². The molecule has 1 atom stereocenters. The third kappa shape index (κ3) is 3.06. The minimum Gasteiger partial charge on any atom is -0.309 e. The Morgan fingerprint density at radius 1 is 1.56 bits per heavy atom. The number of hydrogen-bond acceptors (Lipinski definition) is 3. The summed E-state index contributed by atoms with van der Waals surface area (Å²) in [5.41, 5.74) is 1.75. The predicted octanol–water partition coefficient (Wildman–Crippen LogP) is 2.36. The molecule has 1 unspecified atom stereocenters. The van der Waals surface area contributed by atoms with Gasteiger partial charge in [0.2, 0.25) is 0 Å². The highest BCUT2D eigenvalue weighted by molar-refractivity contribution is 7.07. The van der Waals surface area contributed by atoms with Crippen LogP contribution in [0.15, 0.2) is 16.8 Å². The smallest absolute Gasteiger partial charge is 0.0252 e. The zero-order chi connectivity index (χ0) is 11.6. The van der Waals surface area contributed by atoms with Crippen LogP contribution in [0.4, 0.5) is 0 Å². The van der Waals surface area contributed by atoms with Crippen molar-refractivity contribution in [2.75, 3.05) is 19.6 Å². The minimum atomic E-state index is 0.265. The summed E-state index contributed by atoms with van der Waals surface area (Å²) >= 11 is 1.80. The second-order valence-electron chi connectivity index (χ2n) is 5.47. The van der Waals surface area contributed by atoms with Gasteiger partial charge in [-0.3, -0.25) is 4.90 Å². The molecule has 0 saturated carbocycles. The first-order chi connectivity index (χ1) is 7.57. The fraction of sp³-hybridized carbons (Fsp3) is 0.692. The standard InChI is InChI=1S/C13H22N2S/c1-11-8-14-13(2,3)10-15(11)6-4-12-5-7-16-9-12/h5,7,9,11,14H,4,6,8,10H2,1-3H3. The average Bonchev–Trinajstić information content (AvgIpc) is 2.72. The van der Waals surface area contributed by atoms with Gasteiger partial charge in [0.1, 0.15) is 0 Å². The van der Waals surface area contributed by atoms with Crippen LogP contribution in [0.25, 0.3) is 0 Å². The Morgan fingerprint density at radius 3 is 3.06 bits per heavy atom. The molecule has 2 nitrogen and oxygen atoms in total. The number of nitrogens with zero attached hydrogens (tertiary/aromatic N) is 1. The van der Waals surface area contributed by atoms with Crippen molar-refractivity contribution in [1.29, 1.82) is 0 Å². The Bertz CT molecular complexity index is 319. The highest BCUT2D eigenvalue weighted by Crippen LogP contribution is 2.16. The van der Waals surface area contributed by atoms with E-state index in [1.165, 1.54) is 18.5 Å². The second kappa shape index (κ2) is 4.86. The monoisotopic (exact) mass is 238 g/mol. The summed E-state index contributed by atoms with van der Waals surface area (Å²) in [5, 5.41) is 8.02. The van der Waals surface area contributed by atoms with E-state index in [4.69, 9.17) is 0 Å². The van der Waals surface area contributed by atoms with E-state index < -0.39 is 0 Å². The second-order valence-corrected chi connectivity index (χ2v) is 6.25. The molecular weight excluding hydrogens is 216 g/mol. The molecule has 1 aromatic rings. The van der Waals surface area contributed by atoms with Gasteiger partial charge in [-0.25, -0.2) is 0 Å². The Kier molecular flexibility index (Phi) is 3.67. The van der Waals surface area contributed by atoms with E-state index in [-0.39, 0.29) is 5.54 Å². The SMILES string of the molecule is CC1CNC(C)(C)CN1CCc1ccsc1. The first-order valence-corrected chi connectivity index (χ1v) is 7.01. The number of rotatable bonds is 3. The van der Waals surface area contributed by atoms with Crippen LogP contribution in [0.5, 0.6) is 0 Å². The van der Waals surface area contributed by atoms with Crippen LogP contribution in [-0.2, 0) is 6.42 Å². The van der Waals surface area contributed by atoms with Crippen LogP contribution in [0, 0.1) is 0 Å². The number of thiophene rings is 1. The lowest BCUT2D eigenvalue weighted by Crippen LogP contribution is -2.60. The zero-order valence-corrected chi connectivity index (χ0v) is 11.3. The van der Waals surface area contributed by atoms with Gasteiger partial charge in [0.15, 0.2) is 0 Å². The highest BCUT2D eigenvalue weighted by Gasteiger charge is 2.29. The summed E-state index contributed by atoms with van der Waals surface area (Å²) in [5.74, 6) is 0. The maximum Gasteiger partial charge on any atom is 0.0252 e. The molecular formula is C13H22N2S. The molecule has 1 aromatic heterocycles.